The van der Waals surface area contributed by atoms with Crippen LogP contribution in [0.2, 0.25) is 0 Å². The van der Waals surface area contributed by atoms with Gasteiger partial charge in [0.25, 0.3) is 0 Å². The number of hydrogen-bond acceptors (Lipinski definition) is 2. The third-order valence-electron chi connectivity index (χ3n) is 3.49. The predicted octanol–water partition coefficient (Wildman–Crippen LogP) is 6.75. The molecule has 0 spiro atoms. The third kappa shape index (κ3) is 2.30. The molecule has 0 bridgehead atoms. The highest BCUT2D eigenvalue weighted by molar-refractivity contribution is 14.1. The van der Waals surface area contributed by atoms with Gasteiger partial charge in [0.2, 0.25) is 0 Å². The van der Waals surface area contributed by atoms with E-state index in [-0.39, 0.29) is 0 Å². The van der Waals surface area contributed by atoms with Crippen molar-refractivity contribution in [3.05, 3.63) is 68.7 Å². The Morgan fingerprint density at radius 2 is 1.45 bits per heavy atom. The van der Waals surface area contributed by atoms with Crippen molar-refractivity contribution >= 4 is 60.5 Å². The Balaban J connectivity index is 1.98. The number of fused-ring (bicyclic) bond motifs is 3. The quantitative estimate of drug-likeness (QED) is 0.306. The number of para-hydroxylation sites is 1. The van der Waals surface area contributed by atoms with E-state index in [4.69, 9.17) is 9.15 Å². The first-order valence-electron chi connectivity index (χ1n) is 6.76. The molecule has 0 aliphatic heterocycles. The van der Waals surface area contributed by atoms with Crippen LogP contribution in [0.15, 0.2) is 69.6 Å². The monoisotopic (exact) mass is 464 g/mol. The van der Waals surface area contributed by atoms with Crippen molar-refractivity contribution < 1.29 is 9.15 Å². The van der Waals surface area contributed by atoms with Gasteiger partial charge < -0.3 is 9.15 Å². The summed E-state index contributed by atoms with van der Waals surface area (Å²) in [4.78, 5) is 0. The van der Waals surface area contributed by atoms with Gasteiger partial charge in [-0.05, 0) is 59.0 Å². The lowest BCUT2D eigenvalue weighted by molar-refractivity contribution is 0.485. The Bertz CT molecular complexity index is 991. The lowest BCUT2D eigenvalue weighted by atomic mass is 10.1. The number of hydrogen-bond donors (Lipinski definition) is 0. The van der Waals surface area contributed by atoms with Gasteiger partial charge in [0.1, 0.15) is 22.7 Å². The van der Waals surface area contributed by atoms with Gasteiger partial charge in [-0.15, -0.1) is 0 Å². The molecule has 0 saturated heterocycles. The van der Waals surface area contributed by atoms with Gasteiger partial charge in [-0.1, -0.05) is 40.2 Å². The minimum atomic E-state index is 0.798. The summed E-state index contributed by atoms with van der Waals surface area (Å²) in [5.74, 6) is 1.64. The van der Waals surface area contributed by atoms with Crippen molar-refractivity contribution in [2.24, 2.45) is 0 Å². The van der Waals surface area contributed by atoms with Crippen LogP contribution in [0.1, 0.15) is 0 Å². The highest BCUT2D eigenvalue weighted by Gasteiger charge is 2.15. The van der Waals surface area contributed by atoms with Crippen molar-refractivity contribution in [2.75, 3.05) is 0 Å². The van der Waals surface area contributed by atoms with Crippen LogP contribution in [0.25, 0.3) is 21.9 Å². The average Bonchev–Trinajstić information content (AvgIpc) is 2.90. The predicted molar refractivity (Wildman–Crippen MR) is 101 cm³/mol. The van der Waals surface area contributed by atoms with E-state index in [2.05, 4.69) is 38.5 Å². The van der Waals surface area contributed by atoms with Crippen LogP contribution in [-0.4, -0.2) is 0 Å². The molecule has 0 radical (unpaired) electrons. The minimum Gasteiger partial charge on any atom is -0.456 e. The first-order chi connectivity index (χ1) is 10.7. The Labute approximate surface area is 149 Å². The summed E-state index contributed by atoms with van der Waals surface area (Å²) in [7, 11) is 0. The van der Waals surface area contributed by atoms with Gasteiger partial charge >= 0.3 is 0 Å². The maximum atomic E-state index is 6.16. The molecule has 22 heavy (non-hydrogen) atoms. The fourth-order valence-corrected chi connectivity index (χ4v) is 3.57. The SMILES string of the molecule is Brc1cccc2oc3cccc(Oc4ccccc4I)c3c12. The maximum Gasteiger partial charge on any atom is 0.140 e. The molecule has 0 fully saturated rings. The smallest absolute Gasteiger partial charge is 0.140 e. The molecule has 3 aromatic carbocycles. The third-order valence-corrected chi connectivity index (χ3v) is 5.04. The molecule has 4 rings (SSSR count). The van der Waals surface area contributed by atoms with Gasteiger partial charge in [0.05, 0.1) is 8.96 Å². The number of furan rings is 1. The summed E-state index contributed by atoms with van der Waals surface area (Å²) in [6.07, 6.45) is 0. The zero-order valence-corrected chi connectivity index (χ0v) is 15.1. The Hall–Kier alpha value is -1.53. The lowest BCUT2D eigenvalue weighted by Gasteiger charge is -2.08. The summed E-state index contributed by atoms with van der Waals surface area (Å²) >= 11 is 5.89. The molecule has 0 unspecified atom stereocenters. The summed E-state index contributed by atoms with van der Waals surface area (Å²) in [6.45, 7) is 0. The number of benzene rings is 3. The van der Waals surface area contributed by atoms with Crippen LogP contribution in [0, 0.1) is 3.57 Å². The summed E-state index contributed by atoms with van der Waals surface area (Å²) in [5, 5.41) is 2.03. The van der Waals surface area contributed by atoms with Gasteiger partial charge in [0.15, 0.2) is 0 Å². The topological polar surface area (TPSA) is 22.4 Å². The van der Waals surface area contributed by atoms with Gasteiger partial charge in [0, 0.05) is 9.86 Å². The van der Waals surface area contributed by atoms with E-state index in [1.165, 1.54) is 0 Å². The molecular weight excluding hydrogens is 455 g/mol. The van der Waals surface area contributed by atoms with Gasteiger partial charge in [-0.25, -0.2) is 0 Å². The van der Waals surface area contributed by atoms with E-state index in [0.29, 0.717) is 0 Å². The Morgan fingerprint density at radius 1 is 0.773 bits per heavy atom. The largest absolute Gasteiger partial charge is 0.456 e. The average molecular weight is 465 g/mol. The minimum absolute atomic E-state index is 0.798. The fourth-order valence-electron chi connectivity index (χ4n) is 2.52. The highest BCUT2D eigenvalue weighted by atomic mass is 127. The normalized spacial score (nSPS) is 11.2. The molecule has 0 N–H and O–H groups in total. The van der Waals surface area contributed by atoms with E-state index in [9.17, 15) is 0 Å². The van der Waals surface area contributed by atoms with Crippen molar-refractivity contribution in [1.29, 1.82) is 0 Å². The second-order valence-electron chi connectivity index (χ2n) is 4.88. The van der Waals surface area contributed by atoms with Crippen LogP contribution in [0.3, 0.4) is 0 Å². The molecule has 2 nitrogen and oxygen atoms in total. The zero-order chi connectivity index (χ0) is 15.1. The number of ether oxygens (including phenoxy) is 1. The van der Waals surface area contributed by atoms with Crippen LogP contribution in [-0.2, 0) is 0 Å². The molecule has 0 amide bonds. The van der Waals surface area contributed by atoms with Crippen LogP contribution >= 0.6 is 38.5 Å². The lowest BCUT2D eigenvalue weighted by Crippen LogP contribution is -1.87. The zero-order valence-electron chi connectivity index (χ0n) is 11.3. The van der Waals surface area contributed by atoms with Crippen LogP contribution in [0.4, 0.5) is 0 Å². The second kappa shape index (κ2) is 5.59. The second-order valence-corrected chi connectivity index (χ2v) is 6.89. The first-order valence-corrected chi connectivity index (χ1v) is 8.63. The molecule has 4 heteroatoms. The van der Waals surface area contributed by atoms with Crippen molar-refractivity contribution in [1.82, 2.24) is 0 Å². The molecule has 1 heterocycles. The van der Waals surface area contributed by atoms with Crippen molar-refractivity contribution in [3.63, 3.8) is 0 Å². The van der Waals surface area contributed by atoms with Crippen molar-refractivity contribution in [3.8, 4) is 11.5 Å². The number of rotatable bonds is 2. The van der Waals surface area contributed by atoms with E-state index in [1.54, 1.807) is 0 Å². The summed E-state index contributed by atoms with van der Waals surface area (Å²) in [5.41, 5.74) is 1.67. The Kier molecular flexibility index (Phi) is 3.58. The van der Waals surface area contributed by atoms with Gasteiger partial charge in [-0.2, -0.15) is 0 Å². The van der Waals surface area contributed by atoms with Crippen LogP contribution in [0.5, 0.6) is 11.5 Å². The fraction of sp³-hybridized carbons (Fsp3) is 0. The van der Waals surface area contributed by atoms with Crippen molar-refractivity contribution in [2.45, 2.75) is 0 Å². The molecule has 108 valence electrons. The molecule has 4 aromatic rings. The Morgan fingerprint density at radius 3 is 2.27 bits per heavy atom. The molecule has 0 atom stereocenters. The van der Waals surface area contributed by atoms with E-state index >= 15 is 0 Å². The first kappa shape index (κ1) is 14.1. The molecular formula is C18H10BrIO2. The van der Waals surface area contributed by atoms with Crippen LogP contribution < -0.4 is 4.74 Å². The molecule has 0 aliphatic rings. The summed E-state index contributed by atoms with van der Waals surface area (Å²) in [6, 6.07) is 19.8. The number of halogens is 2. The highest BCUT2D eigenvalue weighted by Crippen LogP contribution is 2.41. The standard InChI is InChI=1S/C18H10BrIO2/c19-11-5-3-8-14-17(11)18-15(9-4-10-16(18)22-14)21-13-7-2-1-6-12(13)20/h1-10H. The van der Waals surface area contributed by atoms with Gasteiger partial charge in [-0.3, -0.25) is 0 Å². The van der Waals surface area contributed by atoms with E-state index < -0.39 is 0 Å². The van der Waals surface area contributed by atoms with E-state index in [1.807, 2.05) is 60.7 Å². The maximum absolute atomic E-state index is 6.16. The summed E-state index contributed by atoms with van der Waals surface area (Å²) < 4.78 is 14.2. The molecule has 0 saturated carbocycles. The molecule has 1 aromatic heterocycles. The van der Waals surface area contributed by atoms with E-state index in [0.717, 1.165) is 41.5 Å². The molecule has 0 aliphatic carbocycles.